The molecule has 186 valence electrons. The van der Waals surface area contributed by atoms with Gasteiger partial charge in [0.15, 0.2) is 0 Å². The van der Waals surface area contributed by atoms with Crippen LogP contribution in [0.15, 0.2) is 67.0 Å². The molecule has 0 bridgehead atoms. The van der Waals surface area contributed by atoms with Crippen molar-refractivity contribution in [1.82, 2.24) is 9.97 Å². The molecule has 2 aromatic heterocycles. The number of rotatable bonds is 5. The number of hydrogen-bond donors (Lipinski definition) is 1. The van der Waals surface area contributed by atoms with Crippen molar-refractivity contribution in [2.24, 2.45) is 0 Å². The highest BCUT2D eigenvalue weighted by Crippen LogP contribution is 2.35. The molecule has 2 atom stereocenters. The van der Waals surface area contributed by atoms with Gasteiger partial charge in [-0.3, -0.25) is 9.78 Å². The van der Waals surface area contributed by atoms with Gasteiger partial charge in [-0.2, -0.15) is 5.26 Å². The number of anilines is 2. The number of fused-ring (bicyclic) bond motifs is 1. The summed E-state index contributed by atoms with van der Waals surface area (Å²) in [6.45, 7) is 5.64. The van der Waals surface area contributed by atoms with Gasteiger partial charge in [-0.1, -0.05) is 24.3 Å². The van der Waals surface area contributed by atoms with Crippen LogP contribution < -0.4 is 15.0 Å². The minimum absolute atomic E-state index is 0.134. The van der Waals surface area contributed by atoms with Gasteiger partial charge in [-0.05, 0) is 49.7 Å². The molecular weight excluding hydrogens is 466 g/mol. The molecule has 8 heteroatoms. The van der Waals surface area contributed by atoms with Crippen LogP contribution in [-0.4, -0.2) is 48.3 Å². The molecule has 2 unspecified atom stereocenters. The molecule has 4 aromatic rings. The van der Waals surface area contributed by atoms with E-state index in [1.807, 2.05) is 42.5 Å². The molecule has 0 saturated carbocycles. The van der Waals surface area contributed by atoms with Crippen LogP contribution in [0.4, 0.5) is 11.5 Å². The summed E-state index contributed by atoms with van der Waals surface area (Å²) in [6.07, 6.45) is 3.45. The number of aromatic nitrogens is 2. The van der Waals surface area contributed by atoms with E-state index < -0.39 is 0 Å². The van der Waals surface area contributed by atoms with Crippen molar-refractivity contribution >= 4 is 28.3 Å². The molecule has 1 aliphatic heterocycles. The number of ether oxygens (including phenoxy) is 2. The number of nitrogens with zero attached hydrogens (tertiary/aromatic N) is 4. The number of amides is 1. The van der Waals surface area contributed by atoms with Crippen LogP contribution in [0.25, 0.3) is 22.0 Å². The number of methoxy groups -OCH3 is 1. The summed E-state index contributed by atoms with van der Waals surface area (Å²) in [5, 5.41) is 12.7. The highest BCUT2D eigenvalue weighted by Gasteiger charge is 2.23. The van der Waals surface area contributed by atoms with E-state index in [0.717, 1.165) is 35.4 Å². The molecule has 3 heterocycles. The van der Waals surface area contributed by atoms with Gasteiger partial charge in [-0.15, -0.1) is 0 Å². The lowest BCUT2D eigenvalue weighted by atomic mass is 9.99. The number of carbonyl (C=O) groups excluding carboxylic acids is 1. The number of morpholine rings is 1. The number of carbonyl (C=O) groups is 1. The molecule has 1 saturated heterocycles. The van der Waals surface area contributed by atoms with Crippen LogP contribution in [0.1, 0.15) is 29.8 Å². The summed E-state index contributed by atoms with van der Waals surface area (Å²) in [5.74, 6) is 0.956. The Morgan fingerprint density at radius 1 is 1.05 bits per heavy atom. The minimum atomic E-state index is -0.335. The third-order valence-electron chi connectivity index (χ3n) is 6.37. The third-order valence-corrected chi connectivity index (χ3v) is 6.37. The minimum Gasteiger partial charge on any atom is -0.495 e. The first-order valence-corrected chi connectivity index (χ1v) is 12.1. The SMILES string of the molecule is COc1c(C(=O)Nc2ccc(N3CC(C)OC(C)C3)nc2)cnc2c(-c3ccc(C#N)cc3)cccc12. The second-order valence-corrected chi connectivity index (χ2v) is 9.12. The van der Waals surface area contributed by atoms with Gasteiger partial charge < -0.3 is 19.7 Å². The molecule has 5 rings (SSSR count). The van der Waals surface area contributed by atoms with E-state index in [4.69, 9.17) is 14.7 Å². The number of hydrogen-bond acceptors (Lipinski definition) is 7. The number of nitriles is 1. The highest BCUT2D eigenvalue weighted by atomic mass is 16.5. The van der Waals surface area contributed by atoms with Crippen molar-refractivity contribution in [2.75, 3.05) is 30.4 Å². The summed E-state index contributed by atoms with van der Waals surface area (Å²) in [6, 6.07) is 18.9. The van der Waals surface area contributed by atoms with E-state index in [9.17, 15) is 4.79 Å². The summed E-state index contributed by atoms with van der Waals surface area (Å²) >= 11 is 0. The molecule has 0 aliphatic carbocycles. The van der Waals surface area contributed by atoms with Crippen LogP contribution in [0.3, 0.4) is 0 Å². The molecule has 0 radical (unpaired) electrons. The zero-order valence-corrected chi connectivity index (χ0v) is 20.9. The molecule has 1 N–H and O–H groups in total. The van der Waals surface area contributed by atoms with Crippen LogP contribution in [0, 0.1) is 11.3 Å². The molecule has 8 nitrogen and oxygen atoms in total. The Morgan fingerprint density at radius 2 is 1.81 bits per heavy atom. The Balaban J connectivity index is 1.40. The lowest BCUT2D eigenvalue weighted by Gasteiger charge is -2.36. The Morgan fingerprint density at radius 3 is 2.46 bits per heavy atom. The molecule has 1 fully saturated rings. The second kappa shape index (κ2) is 10.2. The number of nitrogens with one attached hydrogen (secondary N) is 1. The first-order chi connectivity index (χ1) is 18.0. The zero-order chi connectivity index (χ0) is 25.9. The average molecular weight is 494 g/mol. The highest BCUT2D eigenvalue weighted by molar-refractivity contribution is 6.10. The van der Waals surface area contributed by atoms with E-state index in [2.05, 4.69) is 40.1 Å². The van der Waals surface area contributed by atoms with Crippen molar-refractivity contribution in [2.45, 2.75) is 26.1 Å². The zero-order valence-electron chi connectivity index (χ0n) is 20.9. The summed E-state index contributed by atoms with van der Waals surface area (Å²) in [5.41, 5.74) is 4.01. The Hall–Kier alpha value is -4.48. The lowest BCUT2D eigenvalue weighted by molar-refractivity contribution is -0.00545. The first kappa shape index (κ1) is 24.2. The van der Waals surface area contributed by atoms with Gasteiger partial charge in [-0.25, -0.2) is 4.98 Å². The summed E-state index contributed by atoms with van der Waals surface area (Å²) < 4.78 is 11.5. The van der Waals surface area contributed by atoms with Crippen LogP contribution in [-0.2, 0) is 4.74 Å². The van der Waals surface area contributed by atoms with E-state index in [-0.39, 0.29) is 18.1 Å². The molecular formula is C29H27N5O3. The number of pyridine rings is 2. The molecule has 1 amide bonds. The Kier molecular flexibility index (Phi) is 6.71. The van der Waals surface area contributed by atoms with Crippen LogP contribution in [0.5, 0.6) is 5.75 Å². The lowest BCUT2D eigenvalue weighted by Crippen LogP contribution is -2.45. The van der Waals surface area contributed by atoms with E-state index >= 15 is 0 Å². The topological polar surface area (TPSA) is 100 Å². The number of benzene rings is 2. The predicted molar refractivity (Wildman–Crippen MR) is 143 cm³/mol. The van der Waals surface area contributed by atoms with Crippen LogP contribution in [0.2, 0.25) is 0 Å². The molecule has 37 heavy (non-hydrogen) atoms. The summed E-state index contributed by atoms with van der Waals surface area (Å²) in [4.78, 5) is 24.6. The fraction of sp³-hybridized carbons (Fsp3) is 0.241. The van der Waals surface area contributed by atoms with Crippen molar-refractivity contribution < 1.29 is 14.3 Å². The second-order valence-electron chi connectivity index (χ2n) is 9.12. The Bertz CT molecular complexity index is 1470. The van der Waals surface area contributed by atoms with E-state index in [1.54, 1.807) is 25.4 Å². The molecule has 1 aliphatic rings. The molecule has 2 aromatic carbocycles. The summed E-state index contributed by atoms with van der Waals surface area (Å²) in [7, 11) is 1.54. The quantitative estimate of drug-likeness (QED) is 0.416. The van der Waals surface area contributed by atoms with E-state index in [0.29, 0.717) is 28.1 Å². The Labute approximate surface area is 215 Å². The standard InChI is InChI=1S/C29H27N5O3/c1-18-16-34(17-19(2)37-18)26-12-11-22(14-31-26)33-29(35)25-15-32-27-23(5-4-6-24(27)28(25)36-3)21-9-7-20(13-30)8-10-21/h4-12,14-15,18-19H,16-17H2,1-3H3,(H,33,35). The molecule has 0 spiro atoms. The number of para-hydroxylation sites is 1. The third kappa shape index (κ3) is 4.95. The van der Waals surface area contributed by atoms with Gasteiger partial charge in [0.05, 0.1) is 48.4 Å². The smallest absolute Gasteiger partial charge is 0.261 e. The maximum Gasteiger partial charge on any atom is 0.261 e. The van der Waals surface area contributed by atoms with Gasteiger partial charge in [0.2, 0.25) is 0 Å². The van der Waals surface area contributed by atoms with Gasteiger partial charge in [0, 0.05) is 30.2 Å². The first-order valence-electron chi connectivity index (χ1n) is 12.1. The van der Waals surface area contributed by atoms with Gasteiger partial charge >= 0.3 is 0 Å². The van der Waals surface area contributed by atoms with Crippen molar-refractivity contribution in [3.05, 3.63) is 78.1 Å². The van der Waals surface area contributed by atoms with E-state index in [1.165, 1.54) is 6.20 Å². The maximum absolute atomic E-state index is 13.2. The monoisotopic (exact) mass is 493 g/mol. The largest absolute Gasteiger partial charge is 0.495 e. The average Bonchev–Trinajstić information content (AvgIpc) is 2.92. The fourth-order valence-corrected chi connectivity index (χ4v) is 4.75. The van der Waals surface area contributed by atoms with Crippen molar-refractivity contribution in [3.8, 4) is 22.9 Å². The predicted octanol–water partition coefficient (Wildman–Crippen LogP) is 5.04. The normalized spacial score (nSPS) is 17.3. The van der Waals surface area contributed by atoms with Crippen LogP contribution >= 0.6 is 0 Å². The van der Waals surface area contributed by atoms with Gasteiger partial charge in [0.1, 0.15) is 17.1 Å². The maximum atomic E-state index is 13.2. The van der Waals surface area contributed by atoms with Crippen molar-refractivity contribution in [3.63, 3.8) is 0 Å². The van der Waals surface area contributed by atoms with Crippen molar-refractivity contribution in [1.29, 1.82) is 5.26 Å². The fourth-order valence-electron chi connectivity index (χ4n) is 4.75. The van der Waals surface area contributed by atoms with Gasteiger partial charge in [0.25, 0.3) is 5.91 Å².